The van der Waals surface area contributed by atoms with E-state index in [9.17, 15) is 14.4 Å². The number of amides is 1. The van der Waals surface area contributed by atoms with Crippen LogP contribution in [0.4, 0.5) is 4.79 Å². The minimum Gasteiger partial charge on any atom is -0.481 e. The van der Waals surface area contributed by atoms with Gasteiger partial charge in [0.05, 0.1) is 6.42 Å². The molecule has 1 aliphatic rings. The molecule has 1 aromatic rings. The highest BCUT2D eigenvalue weighted by Crippen LogP contribution is 2.22. The van der Waals surface area contributed by atoms with E-state index in [0.29, 0.717) is 18.5 Å². The van der Waals surface area contributed by atoms with E-state index < -0.39 is 29.7 Å². The number of carboxylic acids is 1. The zero-order chi connectivity index (χ0) is 19.3. The lowest BCUT2D eigenvalue weighted by atomic mass is 10.1. The maximum Gasteiger partial charge on any atom is 0.411 e. The molecule has 1 atom stereocenters. The average Bonchev–Trinajstić information content (AvgIpc) is 3.01. The van der Waals surface area contributed by atoms with Crippen molar-refractivity contribution in [3.63, 3.8) is 0 Å². The van der Waals surface area contributed by atoms with Gasteiger partial charge in [0.25, 0.3) is 0 Å². The Balaban J connectivity index is 1.90. The minimum absolute atomic E-state index is 0.0486. The third-order valence-corrected chi connectivity index (χ3v) is 3.91. The van der Waals surface area contributed by atoms with Crippen molar-refractivity contribution in [1.82, 2.24) is 4.90 Å². The SMILES string of the molecule is CC(C)(C)OC(=O)N1CCCC1C(=O)OCc1ccc(CC(=O)O)cc1. The Morgan fingerprint density at radius 1 is 1.15 bits per heavy atom. The summed E-state index contributed by atoms with van der Waals surface area (Å²) in [4.78, 5) is 36.7. The lowest BCUT2D eigenvalue weighted by molar-refractivity contribution is -0.150. The molecule has 1 heterocycles. The van der Waals surface area contributed by atoms with Crippen LogP contribution in [0, 0.1) is 0 Å². The number of nitrogens with zero attached hydrogens (tertiary/aromatic N) is 1. The Bertz CT molecular complexity index is 662. The van der Waals surface area contributed by atoms with Crippen molar-refractivity contribution in [2.24, 2.45) is 0 Å². The molecule has 1 saturated heterocycles. The molecular formula is C19H25NO6. The molecule has 1 fully saturated rings. The Morgan fingerprint density at radius 3 is 2.35 bits per heavy atom. The van der Waals surface area contributed by atoms with E-state index in [1.807, 2.05) is 0 Å². The average molecular weight is 363 g/mol. The first-order valence-electron chi connectivity index (χ1n) is 8.61. The van der Waals surface area contributed by atoms with Gasteiger partial charge in [0.2, 0.25) is 0 Å². The molecule has 1 N–H and O–H groups in total. The largest absolute Gasteiger partial charge is 0.481 e. The molecule has 1 aromatic carbocycles. The van der Waals surface area contributed by atoms with Gasteiger partial charge < -0.3 is 14.6 Å². The predicted octanol–water partition coefficient (Wildman–Crippen LogP) is 2.76. The summed E-state index contributed by atoms with van der Waals surface area (Å²) in [7, 11) is 0. The second-order valence-corrected chi connectivity index (χ2v) is 7.33. The fraction of sp³-hybridized carbons (Fsp3) is 0.526. The summed E-state index contributed by atoms with van der Waals surface area (Å²) in [5.41, 5.74) is 0.819. The van der Waals surface area contributed by atoms with Crippen molar-refractivity contribution in [3.05, 3.63) is 35.4 Å². The number of benzene rings is 1. The summed E-state index contributed by atoms with van der Waals surface area (Å²) in [6.45, 7) is 5.89. The topological polar surface area (TPSA) is 93.1 Å². The molecule has 0 aliphatic carbocycles. The number of rotatable bonds is 5. The van der Waals surface area contributed by atoms with Crippen LogP contribution in [0.25, 0.3) is 0 Å². The van der Waals surface area contributed by atoms with Crippen LogP contribution in [0.2, 0.25) is 0 Å². The molecule has 2 rings (SSSR count). The molecule has 142 valence electrons. The summed E-state index contributed by atoms with van der Waals surface area (Å²) in [5.74, 6) is -1.35. The van der Waals surface area contributed by atoms with Crippen molar-refractivity contribution in [3.8, 4) is 0 Å². The summed E-state index contributed by atoms with van der Waals surface area (Å²) in [6, 6.07) is 6.22. The first-order valence-corrected chi connectivity index (χ1v) is 8.61. The van der Waals surface area contributed by atoms with E-state index in [4.69, 9.17) is 14.6 Å². The molecule has 0 saturated carbocycles. The number of hydrogen-bond donors (Lipinski definition) is 1. The molecule has 7 nitrogen and oxygen atoms in total. The molecule has 0 aromatic heterocycles. The van der Waals surface area contributed by atoms with Crippen molar-refractivity contribution < 1.29 is 29.0 Å². The maximum absolute atomic E-state index is 12.4. The zero-order valence-corrected chi connectivity index (χ0v) is 15.4. The van der Waals surface area contributed by atoms with Crippen LogP contribution < -0.4 is 0 Å². The van der Waals surface area contributed by atoms with E-state index >= 15 is 0 Å². The highest BCUT2D eigenvalue weighted by molar-refractivity contribution is 5.82. The van der Waals surface area contributed by atoms with Gasteiger partial charge >= 0.3 is 18.0 Å². The standard InChI is InChI=1S/C19H25NO6/c1-19(2,3)26-18(24)20-10-4-5-15(20)17(23)25-12-14-8-6-13(7-9-14)11-16(21)22/h6-9,15H,4-5,10-12H2,1-3H3,(H,21,22). The number of ether oxygens (including phenoxy) is 2. The lowest BCUT2D eigenvalue weighted by Crippen LogP contribution is -2.44. The third kappa shape index (κ3) is 5.75. The fourth-order valence-corrected chi connectivity index (χ4v) is 2.73. The van der Waals surface area contributed by atoms with Crippen LogP contribution in [0.3, 0.4) is 0 Å². The van der Waals surface area contributed by atoms with E-state index in [0.717, 1.165) is 12.0 Å². The normalized spacial score (nSPS) is 17.0. The second-order valence-electron chi connectivity index (χ2n) is 7.33. The Labute approximate surface area is 152 Å². The van der Waals surface area contributed by atoms with E-state index in [1.54, 1.807) is 45.0 Å². The number of likely N-dealkylation sites (tertiary alicyclic amines) is 1. The quantitative estimate of drug-likeness (QED) is 0.809. The number of carboxylic acid groups (broad SMARTS) is 1. The van der Waals surface area contributed by atoms with Gasteiger partial charge in [-0.1, -0.05) is 24.3 Å². The smallest absolute Gasteiger partial charge is 0.411 e. The van der Waals surface area contributed by atoms with E-state index in [1.165, 1.54) is 4.90 Å². The summed E-state index contributed by atoms with van der Waals surface area (Å²) in [5, 5.41) is 8.76. The fourth-order valence-electron chi connectivity index (χ4n) is 2.73. The van der Waals surface area contributed by atoms with Crippen LogP contribution in [0.15, 0.2) is 24.3 Å². The van der Waals surface area contributed by atoms with Gasteiger partial charge in [-0.25, -0.2) is 9.59 Å². The number of aliphatic carboxylic acids is 1. The van der Waals surface area contributed by atoms with Crippen LogP contribution in [0.5, 0.6) is 0 Å². The summed E-state index contributed by atoms with van der Waals surface area (Å²) in [6.07, 6.45) is 0.723. The van der Waals surface area contributed by atoms with Gasteiger partial charge in [-0.05, 0) is 44.7 Å². The second kappa shape index (κ2) is 8.21. The van der Waals surface area contributed by atoms with Crippen LogP contribution in [-0.4, -0.2) is 46.2 Å². The van der Waals surface area contributed by atoms with Gasteiger partial charge in [-0.2, -0.15) is 0 Å². The molecular weight excluding hydrogens is 338 g/mol. The molecule has 1 aliphatic heterocycles. The monoisotopic (exact) mass is 363 g/mol. The Hall–Kier alpha value is -2.57. The van der Waals surface area contributed by atoms with Crippen molar-refractivity contribution in [2.45, 2.75) is 58.3 Å². The molecule has 1 unspecified atom stereocenters. The molecule has 0 bridgehead atoms. The molecule has 1 amide bonds. The number of hydrogen-bond acceptors (Lipinski definition) is 5. The molecule has 0 spiro atoms. The highest BCUT2D eigenvalue weighted by atomic mass is 16.6. The highest BCUT2D eigenvalue weighted by Gasteiger charge is 2.37. The minimum atomic E-state index is -0.896. The van der Waals surface area contributed by atoms with Crippen molar-refractivity contribution in [2.75, 3.05) is 6.54 Å². The number of carbonyl (C=O) groups is 3. The molecule has 7 heteroatoms. The van der Waals surface area contributed by atoms with Crippen molar-refractivity contribution in [1.29, 1.82) is 0 Å². The molecule has 26 heavy (non-hydrogen) atoms. The van der Waals surface area contributed by atoms with E-state index in [2.05, 4.69) is 0 Å². The Kier molecular flexibility index (Phi) is 6.23. The van der Waals surface area contributed by atoms with Crippen LogP contribution >= 0.6 is 0 Å². The number of carbonyl (C=O) groups excluding carboxylic acids is 2. The van der Waals surface area contributed by atoms with Gasteiger partial charge in [0.15, 0.2) is 0 Å². The number of esters is 1. The first kappa shape index (κ1) is 19.8. The molecule has 0 radical (unpaired) electrons. The lowest BCUT2D eigenvalue weighted by Gasteiger charge is -2.27. The van der Waals surface area contributed by atoms with E-state index in [-0.39, 0.29) is 13.0 Å². The maximum atomic E-state index is 12.4. The van der Waals surface area contributed by atoms with Crippen LogP contribution in [0.1, 0.15) is 44.7 Å². The zero-order valence-electron chi connectivity index (χ0n) is 15.4. The van der Waals surface area contributed by atoms with Gasteiger partial charge in [0.1, 0.15) is 18.2 Å². The third-order valence-electron chi connectivity index (χ3n) is 3.91. The predicted molar refractivity (Wildman–Crippen MR) is 93.5 cm³/mol. The summed E-state index contributed by atoms with van der Waals surface area (Å²) >= 11 is 0. The van der Waals surface area contributed by atoms with Crippen molar-refractivity contribution >= 4 is 18.0 Å². The van der Waals surface area contributed by atoms with Gasteiger partial charge in [0, 0.05) is 6.54 Å². The van der Waals surface area contributed by atoms with Gasteiger partial charge in [-0.15, -0.1) is 0 Å². The summed E-state index contributed by atoms with van der Waals surface area (Å²) < 4.78 is 10.7. The Morgan fingerprint density at radius 2 is 1.77 bits per heavy atom. The van der Waals surface area contributed by atoms with Gasteiger partial charge in [-0.3, -0.25) is 9.69 Å². The first-order chi connectivity index (χ1) is 12.2. The van der Waals surface area contributed by atoms with Crippen LogP contribution in [-0.2, 0) is 32.1 Å².